The monoisotopic (exact) mass is 326 g/mol. The molecule has 0 amide bonds. The van der Waals surface area contributed by atoms with Crippen LogP contribution in [0.1, 0.15) is 5.56 Å². The molecular weight excluding hydrogens is 311 g/mol. The van der Waals surface area contributed by atoms with Gasteiger partial charge in [-0.1, -0.05) is 6.07 Å². The van der Waals surface area contributed by atoms with Crippen molar-refractivity contribution >= 4 is 27.5 Å². The molecule has 7 heteroatoms. The number of nitrogens with two attached hydrogens (primary N) is 1. The van der Waals surface area contributed by atoms with Gasteiger partial charge in [-0.15, -0.1) is 11.8 Å². The van der Waals surface area contributed by atoms with Crippen LogP contribution in [0.4, 0.5) is 10.1 Å². The molecule has 0 atom stereocenters. The van der Waals surface area contributed by atoms with Crippen LogP contribution >= 0.6 is 11.8 Å². The lowest BCUT2D eigenvalue weighted by molar-refractivity contribution is 0.569. The summed E-state index contributed by atoms with van der Waals surface area (Å²) in [6, 6.07) is 10.7. The maximum atomic E-state index is 13.9. The van der Waals surface area contributed by atoms with E-state index in [0.717, 1.165) is 11.0 Å². The molecule has 0 heterocycles. The Balaban J connectivity index is 2.29. The van der Waals surface area contributed by atoms with E-state index in [9.17, 15) is 12.8 Å². The van der Waals surface area contributed by atoms with Crippen LogP contribution in [0.15, 0.2) is 52.3 Å². The molecule has 0 bridgehead atoms. The first-order valence-electron chi connectivity index (χ1n) is 6.11. The fraction of sp³-hybridized carbons (Fsp3) is 0.143. The van der Waals surface area contributed by atoms with Crippen LogP contribution in [0.5, 0.6) is 0 Å². The van der Waals surface area contributed by atoms with Crippen molar-refractivity contribution in [2.24, 2.45) is 5.73 Å². The molecule has 112 valence electrons. The average molecular weight is 326 g/mol. The molecule has 0 saturated carbocycles. The largest absolute Gasteiger partial charge is 0.326 e. The van der Waals surface area contributed by atoms with E-state index in [-0.39, 0.29) is 6.54 Å². The summed E-state index contributed by atoms with van der Waals surface area (Å²) in [5, 5.41) is 0. The highest BCUT2D eigenvalue weighted by atomic mass is 32.2. The number of hydrogen-bond acceptors (Lipinski definition) is 4. The normalized spacial score (nSPS) is 11.4. The standard InChI is InChI=1S/C14H15FN2O2S2/c1-20-12-5-3-11(4-6-12)17-21(18,19)14-7-2-10(9-16)8-13(14)15/h2-8,17H,9,16H2,1H3. The van der Waals surface area contributed by atoms with Crippen LogP contribution < -0.4 is 10.5 Å². The molecule has 3 N–H and O–H groups in total. The molecule has 0 unspecified atom stereocenters. The zero-order valence-electron chi connectivity index (χ0n) is 11.3. The average Bonchev–Trinajstić information content (AvgIpc) is 2.47. The quantitative estimate of drug-likeness (QED) is 0.829. The minimum absolute atomic E-state index is 0.154. The molecule has 4 nitrogen and oxygen atoms in total. The first kappa shape index (κ1) is 15.8. The highest BCUT2D eigenvalue weighted by Gasteiger charge is 2.19. The van der Waals surface area contributed by atoms with Gasteiger partial charge < -0.3 is 5.73 Å². The molecule has 0 spiro atoms. The minimum atomic E-state index is -3.96. The van der Waals surface area contributed by atoms with Gasteiger partial charge in [-0.25, -0.2) is 12.8 Å². The smallest absolute Gasteiger partial charge is 0.264 e. The lowest BCUT2D eigenvalue weighted by Crippen LogP contribution is -2.15. The molecule has 0 aliphatic heterocycles. The van der Waals surface area contributed by atoms with E-state index in [4.69, 9.17) is 5.73 Å². The Labute approximate surface area is 127 Å². The van der Waals surface area contributed by atoms with Crippen LogP contribution in [0, 0.1) is 5.82 Å². The lowest BCUT2D eigenvalue weighted by Gasteiger charge is -2.10. The Bertz CT molecular complexity index is 731. The summed E-state index contributed by atoms with van der Waals surface area (Å²) in [5.74, 6) is -0.814. The Morgan fingerprint density at radius 3 is 2.38 bits per heavy atom. The molecule has 2 rings (SSSR count). The highest BCUT2D eigenvalue weighted by Crippen LogP contribution is 2.22. The summed E-state index contributed by atoms with van der Waals surface area (Å²) >= 11 is 1.55. The molecule has 0 fully saturated rings. The van der Waals surface area contributed by atoms with Crippen molar-refractivity contribution in [3.05, 3.63) is 53.8 Å². The van der Waals surface area contributed by atoms with Crippen LogP contribution in [0.25, 0.3) is 0 Å². The van der Waals surface area contributed by atoms with E-state index >= 15 is 0 Å². The van der Waals surface area contributed by atoms with Crippen LogP contribution in [-0.4, -0.2) is 14.7 Å². The summed E-state index contributed by atoms with van der Waals surface area (Å²) < 4.78 is 40.6. The third kappa shape index (κ3) is 3.75. The molecule has 2 aromatic carbocycles. The fourth-order valence-corrected chi connectivity index (χ4v) is 3.29. The summed E-state index contributed by atoms with van der Waals surface area (Å²) in [6.45, 7) is 0.154. The van der Waals surface area contributed by atoms with Crippen molar-refractivity contribution in [1.29, 1.82) is 0 Å². The lowest BCUT2D eigenvalue weighted by atomic mass is 10.2. The summed E-state index contributed by atoms with van der Waals surface area (Å²) in [7, 11) is -3.96. The Kier molecular flexibility index (Phi) is 4.87. The number of benzene rings is 2. The first-order valence-corrected chi connectivity index (χ1v) is 8.82. The van der Waals surface area contributed by atoms with Gasteiger partial charge in [-0.2, -0.15) is 0 Å². The molecule has 21 heavy (non-hydrogen) atoms. The van der Waals surface area contributed by atoms with Crippen LogP contribution in [0.2, 0.25) is 0 Å². The number of halogens is 1. The highest BCUT2D eigenvalue weighted by molar-refractivity contribution is 7.98. The van der Waals surface area contributed by atoms with Crippen molar-refractivity contribution in [3.8, 4) is 0 Å². The van der Waals surface area contributed by atoms with Gasteiger partial charge in [-0.05, 0) is 48.2 Å². The molecule has 0 radical (unpaired) electrons. The summed E-state index contributed by atoms with van der Waals surface area (Å²) in [5.41, 5.74) is 6.32. The van der Waals surface area contributed by atoms with Gasteiger partial charge in [0, 0.05) is 17.1 Å². The van der Waals surface area contributed by atoms with Crippen molar-refractivity contribution < 1.29 is 12.8 Å². The fourth-order valence-electron chi connectivity index (χ4n) is 1.76. The third-order valence-corrected chi connectivity index (χ3v) is 5.02. The molecule has 0 aromatic heterocycles. The topological polar surface area (TPSA) is 72.2 Å². The van der Waals surface area contributed by atoms with E-state index in [2.05, 4.69) is 4.72 Å². The zero-order valence-corrected chi connectivity index (χ0v) is 13.0. The van der Waals surface area contributed by atoms with Crippen molar-refractivity contribution in [3.63, 3.8) is 0 Å². The predicted octanol–water partition coefficient (Wildman–Crippen LogP) is 2.81. The van der Waals surface area contributed by atoms with Crippen molar-refractivity contribution in [2.75, 3.05) is 11.0 Å². The van der Waals surface area contributed by atoms with Gasteiger partial charge in [0.1, 0.15) is 10.7 Å². The van der Waals surface area contributed by atoms with E-state index < -0.39 is 20.7 Å². The van der Waals surface area contributed by atoms with Crippen LogP contribution in [0.3, 0.4) is 0 Å². The number of anilines is 1. The SMILES string of the molecule is CSc1ccc(NS(=O)(=O)c2ccc(CN)cc2F)cc1. The Morgan fingerprint density at radius 1 is 1.19 bits per heavy atom. The molecule has 2 aromatic rings. The number of sulfonamides is 1. The maximum Gasteiger partial charge on any atom is 0.264 e. The summed E-state index contributed by atoms with van der Waals surface area (Å²) in [6.07, 6.45) is 1.92. The first-order chi connectivity index (χ1) is 9.96. The second-order valence-electron chi connectivity index (χ2n) is 4.30. The third-order valence-electron chi connectivity index (χ3n) is 2.86. The van der Waals surface area contributed by atoms with Crippen LogP contribution in [-0.2, 0) is 16.6 Å². The molecule has 0 saturated heterocycles. The maximum absolute atomic E-state index is 13.9. The number of rotatable bonds is 5. The molecular formula is C14H15FN2O2S2. The molecule has 0 aliphatic rings. The van der Waals surface area contributed by atoms with E-state index in [0.29, 0.717) is 11.3 Å². The van der Waals surface area contributed by atoms with E-state index in [1.54, 1.807) is 36.0 Å². The van der Waals surface area contributed by atoms with E-state index in [1.807, 2.05) is 6.26 Å². The van der Waals surface area contributed by atoms with E-state index in [1.165, 1.54) is 12.1 Å². The minimum Gasteiger partial charge on any atom is -0.326 e. The second kappa shape index (κ2) is 6.46. The predicted molar refractivity (Wildman–Crippen MR) is 83.3 cm³/mol. The summed E-state index contributed by atoms with van der Waals surface area (Å²) in [4.78, 5) is 0.616. The second-order valence-corrected chi connectivity index (χ2v) is 6.83. The van der Waals surface area contributed by atoms with Gasteiger partial charge in [0.05, 0.1) is 0 Å². The zero-order chi connectivity index (χ0) is 15.5. The molecule has 0 aliphatic carbocycles. The Hall–Kier alpha value is -1.57. The Morgan fingerprint density at radius 2 is 1.86 bits per heavy atom. The number of nitrogens with one attached hydrogen (secondary N) is 1. The number of hydrogen-bond donors (Lipinski definition) is 2. The van der Waals surface area contributed by atoms with Crippen molar-refractivity contribution in [1.82, 2.24) is 0 Å². The number of thioether (sulfide) groups is 1. The van der Waals surface area contributed by atoms with Gasteiger partial charge in [0.15, 0.2) is 0 Å². The van der Waals surface area contributed by atoms with Crippen molar-refractivity contribution in [2.45, 2.75) is 16.3 Å². The van der Waals surface area contributed by atoms with Gasteiger partial charge in [0.2, 0.25) is 0 Å². The van der Waals surface area contributed by atoms with Gasteiger partial charge >= 0.3 is 0 Å². The van der Waals surface area contributed by atoms with Gasteiger partial charge in [0.25, 0.3) is 10.0 Å². The van der Waals surface area contributed by atoms with Gasteiger partial charge in [-0.3, -0.25) is 4.72 Å².